The number of nitrogens with two attached hydrogens (primary N) is 2. The van der Waals surface area contributed by atoms with E-state index in [0.717, 1.165) is 0 Å². The van der Waals surface area contributed by atoms with E-state index in [1.165, 1.54) is 19.4 Å². The summed E-state index contributed by atoms with van der Waals surface area (Å²) in [4.78, 5) is 109. The molecule has 2 aromatic rings. The highest BCUT2D eigenvalue weighted by molar-refractivity contribution is 5.98. The number of rotatable bonds is 22. The zero-order valence-electron chi connectivity index (χ0n) is 31.3. The van der Waals surface area contributed by atoms with E-state index in [1.54, 1.807) is 58.0 Å². The molecule has 302 valence electrons. The Morgan fingerprint density at radius 1 is 0.691 bits per heavy atom. The summed E-state index contributed by atoms with van der Waals surface area (Å²) in [6.07, 6.45) is 2.24. The van der Waals surface area contributed by atoms with Gasteiger partial charge in [0.2, 0.25) is 41.4 Å². The normalized spacial score (nSPS) is 14.9. The van der Waals surface area contributed by atoms with Gasteiger partial charge in [-0.25, -0.2) is 9.78 Å². The van der Waals surface area contributed by atoms with Crippen LogP contribution in [0, 0.1) is 11.8 Å². The number of carbonyl (C=O) groups is 8. The number of carbonyl (C=O) groups excluding carboxylic acids is 7. The molecule has 1 aromatic carbocycles. The fourth-order valence-corrected chi connectivity index (χ4v) is 5.16. The van der Waals surface area contributed by atoms with E-state index in [0.29, 0.717) is 11.3 Å². The maximum absolute atomic E-state index is 13.4. The van der Waals surface area contributed by atoms with Crippen molar-refractivity contribution in [3.63, 3.8) is 0 Å². The first-order chi connectivity index (χ1) is 25.8. The van der Waals surface area contributed by atoms with Gasteiger partial charge in [-0.1, -0.05) is 58.0 Å². The Morgan fingerprint density at radius 2 is 1.22 bits per heavy atom. The van der Waals surface area contributed by atoms with Crippen LogP contribution in [0.15, 0.2) is 42.9 Å². The molecule has 2 rings (SSSR count). The molecular weight excluding hydrogens is 720 g/mol. The number of aliphatic hydroxyl groups is 1. The van der Waals surface area contributed by atoms with Crippen LogP contribution in [-0.2, 0) is 51.2 Å². The number of nitrogens with zero attached hydrogens (tertiary/aromatic N) is 1. The zero-order valence-corrected chi connectivity index (χ0v) is 31.3. The summed E-state index contributed by atoms with van der Waals surface area (Å²) in [5, 5.41) is 33.9. The van der Waals surface area contributed by atoms with Crippen LogP contribution in [0.25, 0.3) is 0 Å². The number of aromatic amines is 1. The van der Waals surface area contributed by atoms with E-state index in [2.05, 4.69) is 41.9 Å². The lowest BCUT2D eigenvalue weighted by Crippen LogP contribution is -2.61. The highest BCUT2D eigenvalue weighted by Crippen LogP contribution is 2.08. The quantitative estimate of drug-likeness (QED) is 0.0561. The highest BCUT2D eigenvalue weighted by atomic mass is 16.4. The van der Waals surface area contributed by atoms with Crippen LogP contribution < -0.4 is 43.4 Å². The molecule has 0 aliphatic carbocycles. The highest BCUT2D eigenvalue weighted by Gasteiger charge is 2.34. The lowest BCUT2D eigenvalue weighted by Gasteiger charge is -2.28. The van der Waals surface area contributed by atoms with Gasteiger partial charge in [0.15, 0.2) is 0 Å². The van der Waals surface area contributed by atoms with Crippen LogP contribution in [0.4, 0.5) is 0 Å². The number of hydrogen-bond acceptors (Lipinski definition) is 11. The number of imidazole rings is 1. The lowest BCUT2D eigenvalue weighted by molar-refractivity contribution is -0.142. The first-order valence-corrected chi connectivity index (χ1v) is 17.5. The van der Waals surface area contributed by atoms with E-state index in [1.807, 2.05) is 0 Å². The molecule has 7 atom stereocenters. The molecule has 7 amide bonds. The second-order valence-electron chi connectivity index (χ2n) is 13.6. The molecule has 0 aliphatic rings. The number of nitrogens with one attached hydrogen (secondary N) is 7. The van der Waals surface area contributed by atoms with Crippen LogP contribution in [0.5, 0.6) is 0 Å². The molecule has 20 heteroatoms. The number of carboxylic acids is 1. The third-order valence-electron chi connectivity index (χ3n) is 8.33. The van der Waals surface area contributed by atoms with Gasteiger partial charge < -0.3 is 58.6 Å². The Labute approximate surface area is 317 Å². The van der Waals surface area contributed by atoms with Gasteiger partial charge >= 0.3 is 5.97 Å². The molecular formula is C35H52N10O10. The first-order valence-electron chi connectivity index (χ1n) is 17.5. The molecule has 1 heterocycles. The third-order valence-corrected chi connectivity index (χ3v) is 8.33. The van der Waals surface area contributed by atoms with Gasteiger partial charge in [0.1, 0.15) is 36.3 Å². The van der Waals surface area contributed by atoms with Crippen LogP contribution in [0.2, 0.25) is 0 Å². The number of carboxylic acid groups (broad SMARTS) is 1. The topological polar surface area (TPSA) is 330 Å². The average Bonchev–Trinajstić information content (AvgIpc) is 3.63. The molecule has 1 aromatic heterocycles. The minimum Gasteiger partial charge on any atom is -0.480 e. The Bertz CT molecular complexity index is 1640. The summed E-state index contributed by atoms with van der Waals surface area (Å²) in [7, 11) is 0. The maximum atomic E-state index is 13.4. The summed E-state index contributed by atoms with van der Waals surface area (Å²) >= 11 is 0. The predicted molar refractivity (Wildman–Crippen MR) is 196 cm³/mol. The van der Waals surface area contributed by atoms with Gasteiger partial charge in [-0.3, -0.25) is 33.6 Å². The van der Waals surface area contributed by atoms with E-state index in [-0.39, 0.29) is 12.8 Å². The van der Waals surface area contributed by atoms with Gasteiger partial charge in [-0.05, 0) is 24.3 Å². The van der Waals surface area contributed by atoms with Crippen LogP contribution >= 0.6 is 0 Å². The zero-order chi connectivity index (χ0) is 41.4. The number of aromatic nitrogens is 2. The van der Waals surface area contributed by atoms with Crippen molar-refractivity contribution in [2.24, 2.45) is 23.3 Å². The number of hydrogen-bond donors (Lipinski definition) is 11. The summed E-state index contributed by atoms with van der Waals surface area (Å²) < 4.78 is 0. The van der Waals surface area contributed by atoms with Gasteiger partial charge in [0.25, 0.3) is 0 Å². The van der Waals surface area contributed by atoms with Crippen LogP contribution in [0.3, 0.4) is 0 Å². The molecule has 20 nitrogen and oxygen atoms in total. The molecule has 55 heavy (non-hydrogen) atoms. The fraction of sp³-hybridized carbons (Fsp3) is 0.514. The number of primary amides is 1. The molecule has 0 spiro atoms. The number of amides is 7. The maximum Gasteiger partial charge on any atom is 0.326 e. The van der Waals surface area contributed by atoms with Crippen molar-refractivity contribution in [2.75, 3.05) is 6.61 Å². The standard InChI is InChI=1S/C35H52N10O10/c1-17(2)27(45-30(49)22(36)12-21-14-38-16-39-21)33(52)40-19(5)29(48)44-28(18(3)4)34(53)41-23(13-26(37)47)31(50)43-25(15-46)32(51)42-24(35(54)55)11-20-9-7-6-8-10-20/h6-10,14,16-19,22-25,27-28,46H,11-13,15,36H2,1-5H3,(H2,37,47)(H,38,39)(H,40,52)(H,41,53)(H,42,51)(H,43,50)(H,44,48)(H,45,49)(H,54,55)/t19-,22-,23-,24-,25-,27-,28-/m0/s1. The third kappa shape index (κ3) is 14.8. The molecule has 0 radical (unpaired) electrons. The van der Waals surface area contributed by atoms with E-state index in [4.69, 9.17) is 11.5 Å². The van der Waals surface area contributed by atoms with Crippen LogP contribution in [-0.4, -0.2) is 116 Å². The number of aliphatic carboxylic acids is 1. The van der Waals surface area contributed by atoms with Gasteiger partial charge in [0.05, 0.1) is 25.4 Å². The van der Waals surface area contributed by atoms with E-state index >= 15 is 0 Å². The average molecular weight is 773 g/mol. The summed E-state index contributed by atoms with van der Waals surface area (Å²) in [5.74, 6) is -8.60. The molecule has 0 aliphatic heterocycles. The van der Waals surface area contributed by atoms with Crippen molar-refractivity contribution in [2.45, 2.75) is 96.2 Å². The Kier molecular flexibility index (Phi) is 17.9. The van der Waals surface area contributed by atoms with Gasteiger partial charge in [-0.2, -0.15) is 0 Å². The Hall–Kier alpha value is -5.89. The number of H-pyrrole nitrogens is 1. The molecule has 0 saturated heterocycles. The fourth-order valence-electron chi connectivity index (χ4n) is 5.16. The van der Waals surface area contributed by atoms with Crippen molar-refractivity contribution in [1.82, 2.24) is 41.9 Å². The number of benzene rings is 1. The van der Waals surface area contributed by atoms with Gasteiger partial charge in [-0.15, -0.1) is 0 Å². The second-order valence-corrected chi connectivity index (χ2v) is 13.6. The largest absolute Gasteiger partial charge is 0.480 e. The first kappa shape index (κ1) is 45.3. The summed E-state index contributed by atoms with van der Waals surface area (Å²) in [6, 6.07) is -0.995. The molecule has 0 fully saturated rings. The summed E-state index contributed by atoms with van der Waals surface area (Å²) in [5.41, 5.74) is 12.5. The molecule has 13 N–H and O–H groups in total. The minimum absolute atomic E-state index is 0.101. The molecule has 0 saturated carbocycles. The van der Waals surface area contributed by atoms with Crippen LogP contribution in [0.1, 0.15) is 52.3 Å². The molecule has 0 bridgehead atoms. The minimum atomic E-state index is -1.69. The second kappa shape index (κ2) is 21.7. The Balaban J connectivity index is 2.08. The van der Waals surface area contributed by atoms with Gasteiger partial charge in [0, 0.05) is 24.7 Å². The number of aliphatic hydroxyl groups excluding tert-OH is 1. The smallest absolute Gasteiger partial charge is 0.326 e. The van der Waals surface area contributed by atoms with Crippen molar-refractivity contribution in [1.29, 1.82) is 0 Å². The predicted octanol–water partition coefficient (Wildman–Crippen LogP) is -3.28. The molecule has 0 unspecified atom stereocenters. The lowest BCUT2D eigenvalue weighted by atomic mass is 10.0. The Morgan fingerprint density at radius 3 is 1.73 bits per heavy atom. The summed E-state index contributed by atoms with van der Waals surface area (Å²) in [6.45, 7) is 6.90. The monoisotopic (exact) mass is 772 g/mol. The van der Waals surface area contributed by atoms with Crippen molar-refractivity contribution < 1.29 is 48.6 Å². The van der Waals surface area contributed by atoms with Crippen molar-refractivity contribution in [3.05, 3.63) is 54.1 Å². The van der Waals surface area contributed by atoms with Crippen molar-refractivity contribution >= 4 is 47.3 Å². The van der Waals surface area contributed by atoms with E-state index < -0.39 is 114 Å². The SMILES string of the molecule is CC(C)[C@H](NC(=O)[C@H](C)NC(=O)[C@@H](NC(=O)[C@@H](N)Cc1cnc[nH]1)C(C)C)C(=O)N[C@@H](CC(N)=O)C(=O)N[C@@H](CO)C(=O)N[C@@H](Cc1ccccc1)C(=O)O. The van der Waals surface area contributed by atoms with Crippen molar-refractivity contribution in [3.8, 4) is 0 Å². The van der Waals surface area contributed by atoms with E-state index in [9.17, 15) is 48.6 Å².